The fourth-order valence-electron chi connectivity index (χ4n) is 1.94. The minimum Gasteiger partial charge on any atom is -0.507 e. The number of nitrogens with one attached hydrogen (secondary N) is 1. The Bertz CT molecular complexity index is 612. The molecule has 0 saturated carbocycles. The highest BCUT2D eigenvalue weighted by atomic mass is 19.1. The number of halogens is 1. The Labute approximate surface area is 114 Å². The molecule has 1 aromatic carbocycles. The molecule has 0 atom stereocenters. The van der Waals surface area contributed by atoms with Gasteiger partial charge in [-0.1, -0.05) is 0 Å². The summed E-state index contributed by atoms with van der Waals surface area (Å²) >= 11 is 0. The molecule has 0 aromatic heterocycles. The van der Waals surface area contributed by atoms with Crippen LogP contribution >= 0.6 is 0 Å². The van der Waals surface area contributed by atoms with Crippen LogP contribution in [0.5, 0.6) is 5.75 Å². The van der Waals surface area contributed by atoms with Crippen molar-refractivity contribution in [1.82, 2.24) is 10.2 Å². The lowest BCUT2D eigenvalue weighted by molar-refractivity contribution is -0.143. The summed E-state index contributed by atoms with van der Waals surface area (Å²) in [4.78, 5) is 36.6. The molecule has 0 bridgehead atoms. The van der Waals surface area contributed by atoms with Gasteiger partial charge in [0.05, 0.1) is 5.56 Å². The number of carbonyl (C=O) groups excluding carboxylic acids is 3. The van der Waals surface area contributed by atoms with E-state index in [1.165, 1.54) is 13.8 Å². The summed E-state index contributed by atoms with van der Waals surface area (Å²) in [6.07, 6.45) is 0. The standard InChI is InChI=1S/C13H13FN2O4/c1-13(2)12(20)15-10(18)6-16(13)11(19)8-4-3-7(14)5-9(8)17/h3-5,17H,6H2,1-2H3,(H,15,18,20). The number of imide groups is 1. The Morgan fingerprint density at radius 2 is 2.05 bits per heavy atom. The van der Waals surface area contributed by atoms with Gasteiger partial charge in [0, 0.05) is 6.07 Å². The number of hydrogen-bond donors (Lipinski definition) is 2. The first-order chi connectivity index (χ1) is 9.23. The predicted molar refractivity (Wildman–Crippen MR) is 66.3 cm³/mol. The predicted octanol–water partition coefficient (Wildman–Crippen LogP) is 0.408. The second-order valence-corrected chi connectivity index (χ2v) is 4.99. The molecule has 106 valence electrons. The van der Waals surface area contributed by atoms with Crippen molar-refractivity contribution >= 4 is 17.7 Å². The molecule has 20 heavy (non-hydrogen) atoms. The van der Waals surface area contributed by atoms with Gasteiger partial charge in [-0.25, -0.2) is 4.39 Å². The lowest BCUT2D eigenvalue weighted by atomic mass is 9.97. The van der Waals surface area contributed by atoms with Crippen LogP contribution in [0.4, 0.5) is 4.39 Å². The third-order valence-corrected chi connectivity index (χ3v) is 3.22. The normalized spacial score (nSPS) is 17.9. The van der Waals surface area contributed by atoms with E-state index in [-0.39, 0.29) is 12.1 Å². The van der Waals surface area contributed by atoms with Crippen molar-refractivity contribution < 1.29 is 23.9 Å². The molecule has 1 aliphatic rings. The SMILES string of the molecule is CC1(C)C(=O)NC(=O)CN1C(=O)c1ccc(F)cc1O. The number of aromatic hydroxyl groups is 1. The van der Waals surface area contributed by atoms with E-state index < -0.39 is 34.8 Å². The molecule has 1 aliphatic heterocycles. The van der Waals surface area contributed by atoms with E-state index in [1.54, 1.807) is 0 Å². The minimum atomic E-state index is -1.24. The summed E-state index contributed by atoms with van der Waals surface area (Å²) in [7, 11) is 0. The molecule has 1 saturated heterocycles. The van der Waals surface area contributed by atoms with Crippen molar-refractivity contribution in [3.63, 3.8) is 0 Å². The third kappa shape index (κ3) is 2.22. The maximum atomic E-state index is 12.9. The van der Waals surface area contributed by atoms with Gasteiger partial charge in [-0.05, 0) is 26.0 Å². The van der Waals surface area contributed by atoms with Gasteiger partial charge in [-0.3, -0.25) is 19.7 Å². The van der Waals surface area contributed by atoms with Gasteiger partial charge >= 0.3 is 0 Å². The van der Waals surface area contributed by atoms with Crippen molar-refractivity contribution in [2.45, 2.75) is 19.4 Å². The zero-order chi connectivity index (χ0) is 15.1. The Kier molecular flexibility index (Phi) is 3.21. The lowest BCUT2D eigenvalue weighted by Crippen LogP contribution is -2.65. The Morgan fingerprint density at radius 1 is 1.40 bits per heavy atom. The summed E-state index contributed by atoms with van der Waals surface area (Å²) < 4.78 is 12.9. The molecule has 6 nitrogen and oxygen atoms in total. The van der Waals surface area contributed by atoms with Crippen LogP contribution in [0.25, 0.3) is 0 Å². The molecule has 1 fully saturated rings. The minimum absolute atomic E-state index is 0.165. The number of amides is 3. The zero-order valence-electron chi connectivity index (χ0n) is 10.9. The maximum absolute atomic E-state index is 12.9. The highest BCUT2D eigenvalue weighted by Crippen LogP contribution is 2.25. The number of benzene rings is 1. The van der Waals surface area contributed by atoms with Gasteiger partial charge in [0.2, 0.25) is 5.91 Å². The van der Waals surface area contributed by atoms with Crippen LogP contribution in [0.2, 0.25) is 0 Å². The highest BCUT2D eigenvalue weighted by Gasteiger charge is 2.44. The Morgan fingerprint density at radius 3 is 2.65 bits per heavy atom. The largest absolute Gasteiger partial charge is 0.507 e. The molecule has 0 aliphatic carbocycles. The van der Waals surface area contributed by atoms with E-state index in [0.717, 1.165) is 23.1 Å². The van der Waals surface area contributed by atoms with Crippen molar-refractivity contribution in [3.8, 4) is 5.75 Å². The second kappa shape index (κ2) is 4.59. The van der Waals surface area contributed by atoms with E-state index in [4.69, 9.17) is 0 Å². The van der Waals surface area contributed by atoms with E-state index >= 15 is 0 Å². The molecule has 1 heterocycles. The van der Waals surface area contributed by atoms with Crippen LogP contribution in [-0.2, 0) is 9.59 Å². The maximum Gasteiger partial charge on any atom is 0.258 e. The first kappa shape index (κ1) is 14.0. The van der Waals surface area contributed by atoms with Crippen LogP contribution in [-0.4, -0.2) is 39.8 Å². The average Bonchev–Trinajstić information content (AvgIpc) is 2.33. The van der Waals surface area contributed by atoms with Crippen LogP contribution in [0, 0.1) is 5.82 Å². The molecule has 7 heteroatoms. The van der Waals surface area contributed by atoms with Gasteiger partial charge in [0.25, 0.3) is 11.8 Å². The van der Waals surface area contributed by atoms with Crippen LogP contribution in [0.3, 0.4) is 0 Å². The van der Waals surface area contributed by atoms with Gasteiger partial charge < -0.3 is 10.0 Å². The van der Waals surface area contributed by atoms with E-state index in [2.05, 4.69) is 5.32 Å². The summed E-state index contributed by atoms with van der Waals surface area (Å²) in [5.41, 5.74) is -1.41. The molecule has 2 N–H and O–H groups in total. The molecule has 0 unspecified atom stereocenters. The first-order valence-electron chi connectivity index (χ1n) is 5.88. The number of piperazine rings is 1. The third-order valence-electron chi connectivity index (χ3n) is 3.22. The average molecular weight is 280 g/mol. The van der Waals surface area contributed by atoms with E-state index in [9.17, 15) is 23.9 Å². The summed E-state index contributed by atoms with van der Waals surface area (Å²) in [5, 5.41) is 11.8. The quantitative estimate of drug-likeness (QED) is 0.729. The smallest absolute Gasteiger partial charge is 0.258 e. The van der Waals surface area contributed by atoms with Gasteiger partial charge in [0.1, 0.15) is 23.7 Å². The summed E-state index contributed by atoms with van der Waals surface area (Å²) in [6, 6.07) is 2.93. The summed E-state index contributed by atoms with van der Waals surface area (Å²) in [6.45, 7) is 2.65. The number of nitrogens with zero attached hydrogens (tertiary/aromatic N) is 1. The number of phenolic OH excluding ortho intramolecular Hbond substituents is 1. The van der Waals surface area contributed by atoms with Gasteiger partial charge in [0.15, 0.2) is 0 Å². The number of phenols is 1. The first-order valence-corrected chi connectivity index (χ1v) is 5.88. The lowest BCUT2D eigenvalue weighted by Gasteiger charge is -2.40. The van der Waals surface area contributed by atoms with Crippen LogP contribution in [0.1, 0.15) is 24.2 Å². The fourth-order valence-corrected chi connectivity index (χ4v) is 1.94. The molecule has 3 amide bonds. The molecule has 0 radical (unpaired) electrons. The van der Waals surface area contributed by atoms with Gasteiger partial charge in [-0.2, -0.15) is 0 Å². The molecule has 1 aromatic rings. The van der Waals surface area contributed by atoms with Crippen molar-refractivity contribution in [3.05, 3.63) is 29.6 Å². The Balaban J connectivity index is 2.40. The van der Waals surface area contributed by atoms with Crippen molar-refractivity contribution in [1.29, 1.82) is 0 Å². The topological polar surface area (TPSA) is 86.7 Å². The Hall–Kier alpha value is -2.44. The number of rotatable bonds is 1. The van der Waals surface area contributed by atoms with Crippen LogP contribution in [0.15, 0.2) is 18.2 Å². The van der Waals surface area contributed by atoms with E-state index in [1.807, 2.05) is 0 Å². The van der Waals surface area contributed by atoms with Crippen LogP contribution < -0.4 is 5.32 Å². The van der Waals surface area contributed by atoms with E-state index in [0.29, 0.717) is 0 Å². The zero-order valence-corrected chi connectivity index (χ0v) is 10.9. The summed E-state index contributed by atoms with van der Waals surface area (Å²) in [5.74, 6) is -3.15. The monoisotopic (exact) mass is 280 g/mol. The van der Waals surface area contributed by atoms with Crippen molar-refractivity contribution in [2.24, 2.45) is 0 Å². The number of carbonyl (C=O) groups is 3. The second-order valence-electron chi connectivity index (χ2n) is 4.99. The van der Waals surface area contributed by atoms with Crippen molar-refractivity contribution in [2.75, 3.05) is 6.54 Å². The molecule has 0 spiro atoms. The molecule has 2 rings (SSSR count). The van der Waals surface area contributed by atoms with Gasteiger partial charge in [-0.15, -0.1) is 0 Å². The molecular weight excluding hydrogens is 267 g/mol. The number of hydrogen-bond acceptors (Lipinski definition) is 4. The highest BCUT2D eigenvalue weighted by molar-refractivity contribution is 6.09. The molecular formula is C13H13FN2O4. The fraction of sp³-hybridized carbons (Fsp3) is 0.308.